The number of benzene rings is 1. The largest absolute Gasteiger partial charge is 0.296 e. The van der Waals surface area contributed by atoms with E-state index in [1.165, 1.54) is 33.6 Å². The zero-order chi connectivity index (χ0) is 19.5. The van der Waals surface area contributed by atoms with Gasteiger partial charge in [0.05, 0.1) is 11.4 Å². The first kappa shape index (κ1) is 18.8. The first-order chi connectivity index (χ1) is 13.6. The molecule has 0 amide bonds. The van der Waals surface area contributed by atoms with Crippen LogP contribution < -0.4 is 0 Å². The van der Waals surface area contributed by atoms with E-state index >= 15 is 0 Å². The summed E-state index contributed by atoms with van der Waals surface area (Å²) in [6, 6.07) is 10.7. The molecule has 3 aromatic rings. The molecule has 5 nitrogen and oxygen atoms in total. The van der Waals surface area contributed by atoms with Crippen molar-refractivity contribution < 1.29 is 0 Å². The number of pyridine rings is 1. The van der Waals surface area contributed by atoms with Crippen LogP contribution in [0.1, 0.15) is 27.9 Å². The van der Waals surface area contributed by atoms with E-state index in [0.717, 1.165) is 39.3 Å². The monoisotopic (exact) mass is 375 g/mol. The van der Waals surface area contributed by atoms with Crippen molar-refractivity contribution in [1.29, 1.82) is 0 Å². The van der Waals surface area contributed by atoms with Crippen molar-refractivity contribution in [2.24, 2.45) is 0 Å². The molecule has 0 N–H and O–H groups in total. The van der Waals surface area contributed by atoms with Gasteiger partial charge in [-0.25, -0.2) is 4.68 Å². The highest BCUT2D eigenvalue weighted by atomic mass is 15.3. The SMILES string of the molecule is Cc1cc(C)c(CN2CCN(Cc3ncccc3C)CC2)c(-n2cccn2)c1. The summed E-state index contributed by atoms with van der Waals surface area (Å²) in [5.41, 5.74) is 7.69. The van der Waals surface area contributed by atoms with Gasteiger partial charge in [-0.15, -0.1) is 0 Å². The fourth-order valence-electron chi connectivity index (χ4n) is 4.02. The Kier molecular flexibility index (Phi) is 5.55. The topological polar surface area (TPSA) is 37.2 Å². The summed E-state index contributed by atoms with van der Waals surface area (Å²) in [6.45, 7) is 12.8. The molecule has 1 aliphatic rings. The summed E-state index contributed by atoms with van der Waals surface area (Å²) >= 11 is 0. The van der Waals surface area contributed by atoms with Gasteiger partial charge < -0.3 is 0 Å². The highest BCUT2D eigenvalue weighted by molar-refractivity contribution is 5.48. The molecule has 1 saturated heterocycles. The van der Waals surface area contributed by atoms with Crippen LogP contribution in [0.5, 0.6) is 0 Å². The number of hydrogen-bond donors (Lipinski definition) is 0. The van der Waals surface area contributed by atoms with Gasteiger partial charge in [0.15, 0.2) is 0 Å². The van der Waals surface area contributed by atoms with E-state index in [4.69, 9.17) is 0 Å². The van der Waals surface area contributed by atoms with Crippen molar-refractivity contribution in [1.82, 2.24) is 24.6 Å². The Labute approximate surface area is 167 Å². The van der Waals surface area contributed by atoms with Crippen LogP contribution in [-0.4, -0.2) is 50.7 Å². The summed E-state index contributed by atoms with van der Waals surface area (Å²) in [5, 5.41) is 4.47. The lowest BCUT2D eigenvalue weighted by molar-refractivity contribution is 0.120. The summed E-state index contributed by atoms with van der Waals surface area (Å²) in [6.07, 6.45) is 5.78. The second kappa shape index (κ2) is 8.25. The molecule has 0 unspecified atom stereocenters. The average Bonchev–Trinajstić information content (AvgIpc) is 3.21. The van der Waals surface area contributed by atoms with E-state index in [-0.39, 0.29) is 0 Å². The Bertz CT molecular complexity index is 924. The van der Waals surface area contributed by atoms with Crippen molar-refractivity contribution in [2.45, 2.75) is 33.9 Å². The van der Waals surface area contributed by atoms with Crippen LogP contribution in [0, 0.1) is 20.8 Å². The highest BCUT2D eigenvalue weighted by Crippen LogP contribution is 2.23. The van der Waals surface area contributed by atoms with Crippen LogP contribution in [0.25, 0.3) is 5.69 Å². The fraction of sp³-hybridized carbons (Fsp3) is 0.391. The highest BCUT2D eigenvalue weighted by Gasteiger charge is 2.20. The predicted molar refractivity (Wildman–Crippen MR) is 113 cm³/mol. The Hall–Kier alpha value is -2.50. The molecule has 1 aliphatic heterocycles. The first-order valence-electron chi connectivity index (χ1n) is 10.1. The predicted octanol–water partition coefficient (Wildman–Crippen LogP) is 3.51. The number of aromatic nitrogens is 3. The Balaban J connectivity index is 1.44. The lowest BCUT2D eigenvalue weighted by Crippen LogP contribution is -2.45. The molecule has 1 aromatic carbocycles. The van der Waals surface area contributed by atoms with Gasteiger partial charge in [-0.05, 0) is 61.2 Å². The Morgan fingerprint density at radius 1 is 0.857 bits per heavy atom. The van der Waals surface area contributed by atoms with Gasteiger partial charge in [0.2, 0.25) is 0 Å². The zero-order valence-corrected chi connectivity index (χ0v) is 17.1. The van der Waals surface area contributed by atoms with Crippen molar-refractivity contribution in [3.05, 3.63) is 76.9 Å². The lowest BCUT2D eigenvalue weighted by atomic mass is 10.0. The van der Waals surface area contributed by atoms with Crippen LogP contribution in [0.2, 0.25) is 0 Å². The molecule has 28 heavy (non-hydrogen) atoms. The number of nitrogens with zero attached hydrogens (tertiary/aromatic N) is 5. The molecule has 0 bridgehead atoms. The maximum absolute atomic E-state index is 4.55. The second-order valence-corrected chi connectivity index (χ2v) is 7.85. The molecular formula is C23H29N5. The van der Waals surface area contributed by atoms with Crippen molar-refractivity contribution in [3.8, 4) is 5.69 Å². The minimum atomic E-state index is 0.947. The van der Waals surface area contributed by atoms with Crippen LogP contribution >= 0.6 is 0 Å². The van der Waals surface area contributed by atoms with Crippen LogP contribution in [0.15, 0.2) is 48.9 Å². The van der Waals surface area contributed by atoms with E-state index in [9.17, 15) is 0 Å². The third-order valence-corrected chi connectivity index (χ3v) is 5.68. The van der Waals surface area contributed by atoms with Gasteiger partial charge in [0.1, 0.15) is 0 Å². The van der Waals surface area contributed by atoms with E-state index in [0.29, 0.717) is 0 Å². The first-order valence-corrected chi connectivity index (χ1v) is 10.1. The summed E-state index contributed by atoms with van der Waals surface area (Å²) in [4.78, 5) is 9.63. The molecule has 0 atom stereocenters. The van der Waals surface area contributed by atoms with Gasteiger partial charge in [-0.1, -0.05) is 12.1 Å². The van der Waals surface area contributed by atoms with E-state index < -0.39 is 0 Å². The molecule has 146 valence electrons. The number of hydrogen-bond acceptors (Lipinski definition) is 4. The molecule has 3 heterocycles. The van der Waals surface area contributed by atoms with Gasteiger partial charge in [0, 0.05) is 57.9 Å². The number of piperazine rings is 1. The minimum Gasteiger partial charge on any atom is -0.296 e. The van der Waals surface area contributed by atoms with Gasteiger partial charge in [-0.3, -0.25) is 14.8 Å². The van der Waals surface area contributed by atoms with E-state index in [2.05, 4.69) is 58.9 Å². The molecule has 1 fully saturated rings. The Morgan fingerprint density at radius 2 is 1.61 bits per heavy atom. The summed E-state index contributed by atoms with van der Waals surface area (Å²) < 4.78 is 2.00. The van der Waals surface area contributed by atoms with Gasteiger partial charge in [0.25, 0.3) is 0 Å². The molecule has 2 aromatic heterocycles. The third kappa shape index (κ3) is 4.16. The van der Waals surface area contributed by atoms with Crippen molar-refractivity contribution >= 4 is 0 Å². The average molecular weight is 376 g/mol. The molecule has 0 saturated carbocycles. The fourth-order valence-corrected chi connectivity index (χ4v) is 4.02. The second-order valence-electron chi connectivity index (χ2n) is 7.85. The van der Waals surface area contributed by atoms with Crippen molar-refractivity contribution in [2.75, 3.05) is 26.2 Å². The third-order valence-electron chi connectivity index (χ3n) is 5.68. The van der Waals surface area contributed by atoms with Crippen molar-refractivity contribution in [3.63, 3.8) is 0 Å². The molecule has 5 heteroatoms. The summed E-state index contributed by atoms with van der Waals surface area (Å²) in [7, 11) is 0. The lowest BCUT2D eigenvalue weighted by Gasteiger charge is -2.35. The number of rotatable bonds is 5. The smallest absolute Gasteiger partial charge is 0.0695 e. The zero-order valence-electron chi connectivity index (χ0n) is 17.1. The van der Waals surface area contributed by atoms with Crippen LogP contribution in [0.3, 0.4) is 0 Å². The van der Waals surface area contributed by atoms with Crippen LogP contribution in [0.4, 0.5) is 0 Å². The molecule has 4 rings (SSSR count). The summed E-state index contributed by atoms with van der Waals surface area (Å²) in [5.74, 6) is 0. The molecule has 0 aliphatic carbocycles. The van der Waals surface area contributed by atoms with E-state index in [1.54, 1.807) is 0 Å². The van der Waals surface area contributed by atoms with E-state index in [1.807, 2.05) is 35.4 Å². The molecule has 0 spiro atoms. The standard InChI is InChI=1S/C23H29N5/c1-18-14-20(3)21(23(15-18)28-9-5-8-25-28)16-26-10-12-27(13-11-26)17-22-19(2)6-4-7-24-22/h4-9,14-15H,10-13,16-17H2,1-3H3. The maximum Gasteiger partial charge on any atom is 0.0695 e. The normalized spacial score (nSPS) is 15.8. The Morgan fingerprint density at radius 3 is 2.29 bits per heavy atom. The molecular weight excluding hydrogens is 346 g/mol. The maximum atomic E-state index is 4.55. The molecule has 0 radical (unpaired) electrons. The van der Waals surface area contributed by atoms with Gasteiger partial charge >= 0.3 is 0 Å². The number of aryl methyl sites for hydroxylation is 3. The van der Waals surface area contributed by atoms with Crippen LogP contribution in [-0.2, 0) is 13.1 Å². The van der Waals surface area contributed by atoms with Gasteiger partial charge in [-0.2, -0.15) is 5.10 Å². The minimum absolute atomic E-state index is 0.947. The quantitative estimate of drug-likeness (QED) is 0.684.